The smallest absolute Gasteiger partial charge is 0.304 e. The van der Waals surface area contributed by atoms with Gasteiger partial charge in [0, 0.05) is 6.42 Å². The van der Waals surface area contributed by atoms with Gasteiger partial charge in [-0.15, -0.1) is 6.42 Å². The number of amides is 1. The number of piperidine rings is 1. The molecule has 0 radical (unpaired) electrons. The first-order chi connectivity index (χ1) is 6.58. The van der Waals surface area contributed by atoms with Crippen molar-refractivity contribution in [2.24, 2.45) is 4.99 Å². The van der Waals surface area contributed by atoms with Crippen molar-refractivity contribution in [3.05, 3.63) is 0 Å². The molecule has 1 fully saturated rings. The lowest BCUT2D eigenvalue weighted by Gasteiger charge is -2.39. The number of hydrogen-bond donors (Lipinski definition) is 0. The number of likely N-dealkylation sites (N-methyl/N-ethyl adjacent to an activating group) is 1. The van der Waals surface area contributed by atoms with E-state index in [0.717, 1.165) is 23.9 Å². The second-order valence-corrected chi connectivity index (χ2v) is 4.28. The van der Waals surface area contributed by atoms with Gasteiger partial charge in [0.25, 0.3) is 0 Å². The van der Waals surface area contributed by atoms with Crippen LogP contribution in [0.4, 0.5) is 0 Å². The summed E-state index contributed by atoms with van der Waals surface area (Å²) in [6, 6.07) is -0.00616. The maximum absolute atomic E-state index is 11.7. The fourth-order valence-electron chi connectivity index (χ4n) is 1.97. The van der Waals surface area contributed by atoms with E-state index in [1.54, 1.807) is 0 Å². The highest BCUT2D eigenvalue weighted by molar-refractivity contribution is 5.93. The largest absolute Gasteiger partial charge is 0.318 e. The molecule has 1 heterocycles. The molecule has 1 aliphatic heterocycles. The number of likely N-dealkylation sites (tertiary alicyclic amines) is 1. The van der Waals surface area contributed by atoms with Crippen LogP contribution >= 0.6 is 0 Å². The average molecular weight is 193 g/mol. The summed E-state index contributed by atoms with van der Waals surface area (Å²) >= 11 is 0. The third kappa shape index (κ3) is 2.43. The average Bonchev–Trinajstić information content (AvgIpc) is 2.13. The Hall–Kier alpha value is -1.14. The van der Waals surface area contributed by atoms with Gasteiger partial charge in [-0.3, -0.25) is 4.79 Å². The third-order valence-corrected chi connectivity index (χ3v) is 2.86. The molecule has 0 N–H and O–H groups in total. The van der Waals surface area contributed by atoms with Crippen LogP contribution in [-0.4, -0.2) is 43.3 Å². The van der Waals surface area contributed by atoms with Gasteiger partial charge in [0.05, 0.1) is 26.9 Å². The van der Waals surface area contributed by atoms with Crippen LogP contribution in [0.5, 0.6) is 0 Å². The van der Waals surface area contributed by atoms with E-state index in [2.05, 4.69) is 25.0 Å². The van der Waals surface area contributed by atoms with Crippen LogP contribution in [0.25, 0.3) is 0 Å². The van der Waals surface area contributed by atoms with E-state index in [0.29, 0.717) is 0 Å². The standard InChI is InChI=1S/C11H17N2O/c1-4-8-12-11(14)10-7-5-6-9-13(10,2)3/h1,8,10H,5-7,9H2,2-3H3/q+1. The molecule has 3 heteroatoms. The molecule has 0 aliphatic carbocycles. The van der Waals surface area contributed by atoms with Gasteiger partial charge >= 0.3 is 5.91 Å². The van der Waals surface area contributed by atoms with E-state index in [9.17, 15) is 4.79 Å². The van der Waals surface area contributed by atoms with Crippen molar-refractivity contribution in [3.63, 3.8) is 0 Å². The van der Waals surface area contributed by atoms with Crippen molar-refractivity contribution >= 4 is 12.1 Å². The molecular formula is C11H17N2O+. The molecule has 1 unspecified atom stereocenters. The second-order valence-electron chi connectivity index (χ2n) is 4.28. The van der Waals surface area contributed by atoms with E-state index in [1.165, 1.54) is 12.6 Å². The molecule has 1 atom stereocenters. The molecule has 76 valence electrons. The number of nitrogens with zero attached hydrogens (tertiary/aromatic N) is 2. The lowest BCUT2D eigenvalue weighted by molar-refractivity contribution is -0.910. The Balaban J connectivity index is 2.70. The summed E-state index contributed by atoms with van der Waals surface area (Å²) < 4.78 is 0.737. The lowest BCUT2D eigenvalue weighted by Crippen LogP contribution is -2.55. The molecule has 0 bridgehead atoms. The summed E-state index contributed by atoms with van der Waals surface area (Å²) in [5.74, 6) is 2.17. The zero-order valence-corrected chi connectivity index (χ0v) is 8.86. The molecule has 0 saturated carbocycles. The molecule has 14 heavy (non-hydrogen) atoms. The Bertz CT molecular complexity index is 286. The van der Waals surface area contributed by atoms with Crippen LogP contribution in [0.2, 0.25) is 0 Å². The van der Waals surface area contributed by atoms with Crippen molar-refractivity contribution in [2.45, 2.75) is 25.3 Å². The lowest BCUT2D eigenvalue weighted by atomic mass is 10.00. The molecule has 0 aromatic heterocycles. The number of terminal acetylenes is 1. The zero-order chi connectivity index (χ0) is 10.6. The predicted octanol–water partition coefficient (Wildman–Crippen LogP) is 0.846. The summed E-state index contributed by atoms with van der Waals surface area (Å²) in [5, 5.41) is 0. The molecule has 1 saturated heterocycles. The molecule has 0 aromatic carbocycles. The Labute approximate surface area is 85.4 Å². The molecule has 1 amide bonds. The fraction of sp³-hybridized carbons (Fsp3) is 0.636. The van der Waals surface area contributed by atoms with Crippen molar-refractivity contribution in [3.8, 4) is 12.3 Å². The van der Waals surface area contributed by atoms with Crippen LogP contribution in [0.3, 0.4) is 0 Å². The van der Waals surface area contributed by atoms with E-state index in [-0.39, 0.29) is 11.9 Å². The Kier molecular flexibility index (Phi) is 3.43. The van der Waals surface area contributed by atoms with E-state index < -0.39 is 0 Å². The van der Waals surface area contributed by atoms with Gasteiger partial charge in [0.1, 0.15) is 0 Å². The fourth-order valence-corrected chi connectivity index (χ4v) is 1.97. The minimum absolute atomic E-state index is 0.00616. The van der Waals surface area contributed by atoms with Crippen LogP contribution in [0, 0.1) is 12.3 Å². The summed E-state index contributed by atoms with van der Waals surface area (Å²) in [4.78, 5) is 15.4. The highest BCUT2D eigenvalue weighted by Crippen LogP contribution is 2.22. The number of carbonyl (C=O) groups excluding carboxylic acids is 1. The maximum atomic E-state index is 11.7. The number of hydrogen-bond acceptors (Lipinski definition) is 1. The van der Waals surface area contributed by atoms with Crippen LogP contribution in [0.1, 0.15) is 19.3 Å². The summed E-state index contributed by atoms with van der Waals surface area (Å²) in [5.41, 5.74) is 0. The Morgan fingerprint density at radius 1 is 1.57 bits per heavy atom. The number of quaternary nitrogens is 1. The molecule has 0 aromatic rings. The summed E-state index contributed by atoms with van der Waals surface area (Å²) in [6.07, 6.45) is 9.49. The Morgan fingerprint density at radius 2 is 2.29 bits per heavy atom. The van der Waals surface area contributed by atoms with Gasteiger partial charge in [-0.25, -0.2) is 4.99 Å². The van der Waals surface area contributed by atoms with Gasteiger partial charge in [-0.05, 0) is 12.8 Å². The van der Waals surface area contributed by atoms with E-state index in [1.807, 2.05) is 0 Å². The summed E-state index contributed by atoms with van der Waals surface area (Å²) in [6.45, 7) is 1.04. The van der Waals surface area contributed by atoms with Gasteiger partial charge in [-0.1, -0.05) is 5.92 Å². The van der Waals surface area contributed by atoms with E-state index >= 15 is 0 Å². The normalized spacial score (nSPS) is 25.9. The van der Waals surface area contributed by atoms with Gasteiger partial charge in [-0.2, -0.15) is 0 Å². The van der Waals surface area contributed by atoms with Crippen LogP contribution in [0.15, 0.2) is 4.99 Å². The van der Waals surface area contributed by atoms with Crippen LogP contribution < -0.4 is 0 Å². The minimum atomic E-state index is -0.0762. The first kappa shape index (κ1) is 10.9. The molecule has 0 spiro atoms. The van der Waals surface area contributed by atoms with Gasteiger partial charge in [0.15, 0.2) is 6.04 Å². The zero-order valence-electron chi connectivity index (χ0n) is 8.86. The molecular weight excluding hydrogens is 176 g/mol. The monoisotopic (exact) mass is 193 g/mol. The highest BCUT2D eigenvalue weighted by atomic mass is 16.2. The molecule has 1 rings (SSSR count). The first-order valence-corrected chi connectivity index (χ1v) is 4.93. The van der Waals surface area contributed by atoms with Crippen LogP contribution in [-0.2, 0) is 4.79 Å². The van der Waals surface area contributed by atoms with E-state index in [4.69, 9.17) is 6.42 Å². The number of carbonyl (C=O) groups is 1. The number of rotatable bonds is 1. The van der Waals surface area contributed by atoms with Crippen molar-refractivity contribution in [1.82, 2.24) is 0 Å². The number of aliphatic imine (C=N–C) groups is 1. The highest BCUT2D eigenvalue weighted by Gasteiger charge is 2.36. The van der Waals surface area contributed by atoms with Crippen molar-refractivity contribution in [1.29, 1.82) is 0 Å². The molecule has 1 aliphatic rings. The van der Waals surface area contributed by atoms with Crippen molar-refractivity contribution in [2.75, 3.05) is 20.6 Å². The van der Waals surface area contributed by atoms with Gasteiger partial charge in [0.2, 0.25) is 0 Å². The topological polar surface area (TPSA) is 29.4 Å². The summed E-state index contributed by atoms with van der Waals surface area (Å²) in [7, 11) is 4.15. The maximum Gasteiger partial charge on any atom is 0.304 e. The second kappa shape index (κ2) is 4.39. The Morgan fingerprint density at radius 3 is 2.86 bits per heavy atom. The predicted molar refractivity (Wildman–Crippen MR) is 56.9 cm³/mol. The molecule has 3 nitrogen and oxygen atoms in total. The SMILES string of the molecule is C#CC=NC(=O)C1CCCC[N+]1(C)C. The van der Waals surface area contributed by atoms with Crippen molar-refractivity contribution < 1.29 is 9.28 Å². The first-order valence-electron chi connectivity index (χ1n) is 4.93. The minimum Gasteiger partial charge on any atom is -0.318 e. The van der Waals surface area contributed by atoms with Gasteiger partial charge < -0.3 is 4.48 Å². The quantitative estimate of drug-likeness (QED) is 0.345. The third-order valence-electron chi connectivity index (χ3n) is 2.86.